The minimum atomic E-state index is -1.29. The summed E-state index contributed by atoms with van der Waals surface area (Å²) < 4.78 is 74.2. The average molecular weight is 1070 g/mol. The zero-order valence-corrected chi connectivity index (χ0v) is 43.9. The van der Waals surface area contributed by atoms with Crippen LogP contribution in [0.15, 0.2) is 35.9 Å². The first-order valence-corrected chi connectivity index (χ1v) is 27.0. The van der Waals surface area contributed by atoms with Crippen molar-refractivity contribution in [2.24, 2.45) is 0 Å². The molecule has 0 amide bonds. The molecule has 7 N–H and O–H groups in total. The predicted molar refractivity (Wildman–Crippen MR) is 263 cm³/mol. The van der Waals surface area contributed by atoms with Crippen LogP contribution in [-0.4, -0.2) is 189 Å². The standard InChI is InChI=1S/C55H74O21/c1-22-15-29-17-33(58)48-49(46(29)32(57)16-22)52(63)30-9-8-10-37(47(30)53(48)64)72-43-19-35(60)55(28(7)70-43)76-45-21-39(51(62)26(5)68-45)74-41-14-12-36(24(3)66-41)71-42-18-34(59)54(27(6)69-42)75-44-20-38(50(61)25(4)67-44)73-40-13-11-31(56)23(2)65-40/h8-10,15-16,23-28,31,33-36,38-45,50-51,54-62H,11-14,17-21H2,1-7H3/t23-,24-,25+,26+,27+,28+,31-,33+,34+,35+,36-,38+,39+,40-,41-,42-,43-,44-,45-,50+,51+,54+,55+/m0/s1. The third kappa shape index (κ3) is 11.4. The molecule has 0 bridgehead atoms. The Morgan fingerprint density at radius 1 is 0.513 bits per heavy atom. The highest BCUT2D eigenvalue weighted by Gasteiger charge is 2.48. The first-order valence-electron chi connectivity index (χ1n) is 27.0. The number of hydrogen-bond donors (Lipinski definition) is 7. The van der Waals surface area contributed by atoms with Gasteiger partial charge in [0.25, 0.3) is 0 Å². The molecule has 10 rings (SSSR count). The number of hydrogen-bond acceptors (Lipinski definition) is 21. The Kier molecular flexibility index (Phi) is 16.8. The molecule has 2 aliphatic carbocycles. The van der Waals surface area contributed by atoms with E-state index in [1.807, 2.05) is 6.92 Å². The van der Waals surface area contributed by atoms with Gasteiger partial charge >= 0.3 is 0 Å². The highest BCUT2D eigenvalue weighted by atomic mass is 16.8. The minimum Gasteiger partial charge on any atom is -0.507 e. The maximum Gasteiger partial charge on any atom is 0.202 e. The van der Waals surface area contributed by atoms with Crippen molar-refractivity contribution >= 4 is 17.1 Å². The van der Waals surface area contributed by atoms with Gasteiger partial charge in [-0.25, -0.2) is 0 Å². The van der Waals surface area contributed by atoms with Gasteiger partial charge in [0.05, 0.1) is 84.9 Å². The van der Waals surface area contributed by atoms with E-state index in [4.69, 9.17) is 56.8 Å². The fourth-order valence-corrected chi connectivity index (χ4v) is 12.1. The number of ether oxygens (including phenoxy) is 12. The van der Waals surface area contributed by atoms with E-state index in [1.165, 1.54) is 18.2 Å². The molecule has 8 aliphatic rings. The molecule has 0 unspecified atom stereocenters. The molecular weight excluding hydrogens is 997 g/mol. The molecule has 2 aromatic carbocycles. The van der Waals surface area contributed by atoms with E-state index in [0.29, 0.717) is 31.2 Å². The highest BCUT2D eigenvalue weighted by Crippen LogP contribution is 2.46. The molecule has 76 heavy (non-hydrogen) atoms. The lowest BCUT2D eigenvalue weighted by Crippen LogP contribution is -2.56. The van der Waals surface area contributed by atoms with Crippen LogP contribution < -0.4 is 4.74 Å². The minimum absolute atomic E-state index is 0.0294. The Bertz CT molecular complexity index is 2430. The van der Waals surface area contributed by atoms with Crippen LogP contribution in [0.3, 0.4) is 0 Å². The molecule has 0 radical (unpaired) electrons. The molecule has 6 saturated heterocycles. The first kappa shape index (κ1) is 55.7. The van der Waals surface area contributed by atoms with E-state index in [1.54, 1.807) is 53.7 Å². The summed E-state index contributed by atoms with van der Waals surface area (Å²) >= 11 is 0. The Balaban J connectivity index is 0.693. The summed E-state index contributed by atoms with van der Waals surface area (Å²) in [6, 6.07) is 7.89. The summed E-state index contributed by atoms with van der Waals surface area (Å²) in [6.07, 6.45) is -15.5. The smallest absolute Gasteiger partial charge is 0.202 e. The number of Topliss-reactive ketones (excluding diaryl/α,β-unsaturated/α-hetero) is 2. The molecule has 0 saturated carbocycles. The van der Waals surface area contributed by atoms with Crippen molar-refractivity contribution < 1.29 is 102 Å². The lowest BCUT2D eigenvalue weighted by atomic mass is 9.73. The maximum atomic E-state index is 14.2. The summed E-state index contributed by atoms with van der Waals surface area (Å²) in [5, 5.41) is 77.1. The summed E-state index contributed by atoms with van der Waals surface area (Å²) in [5.41, 5.74) is 1.43. The van der Waals surface area contributed by atoms with Crippen LogP contribution >= 0.6 is 0 Å². The Hall–Kier alpha value is -3.56. The second-order valence-electron chi connectivity index (χ2n) is 21.9. The summed E-state index contributed by atoms with van der Waals surface area (Å²) in [7, 11) is 0. The van der Waals surface area contributed by atoms with Gasteiger partial charge in [-0.15, -0.1) is 0 Å². The van der Waals surface area contributed by atoms with Gasteiger partial charge in [-0.05, 0) is 84.6 Å². The van der Waals surface area contributed by atoms with Crippen molar-refractivity contribution in [1.29, 1.82) is 0 Å². The molecule has 0 spiro atoms. The molecular formula is C55H74O21. The summed E-state index contributed by atoms with van der Waals surface area (Å²) in [4.78, 5) is 28.3. The number of fused-ring (bicyclic) bond motifs is 3. The quantitative estimate of drug-likeness (QED) is 0.161. The molecule has 21 heteroatoms. The topological polar surface area (TPSA) is 287 Å². The lowest BCUT2D eigenvalue weighted by molar-refractivity contribution is -0.340. The maximum absolute atomic E-state index is 14.2. The van der Waals surface area contributed by atoms with Crippen molar-refractivity contribution in [3.63, 3.8) is 0 Å². The molecule has 0 aromatic heterocycles. The Morgan fingerprint density at radius 2 is 1.04 bits per heavy atom. The van der Waals surface area contributed by atoms with Gasteiger partial charge in [0.1, 0.15) is 35.9 Å². The number of phenols is 1. The number of aromatic hydroxyl groups is 1. The zero-order chi connectivity index (χ0) is 54.0. The predicted octanol–water partition coefficient (Wildman–Crippen LogP) is 3.15. The second kappa shape index (κ2) is 22.9. The number of benzene rings is 2. The average Bonchev–Trinajstić information content (AvgIpc) is 3.44. The fraction of sp³-hybridized carbons (Fsp3) is 0.709. The number of rotatable bonds is 12. The number of carbonyl (C=O) groups is 2. The van der Waals surface area contributed by atoms with Crippen LogP contribution in [0, 0.1) is 6.92 Å². The lowest BCUT2D eigenvalue weighted by Gasteiger charge is -2.45. The van der Waals surface area contributed by atoms with Gasteiger partial charge in [0, 0.05) is 67.2 Å². The van der Waals surface area contributed by atoms with Crippen molar-refractivity contribution in [3.8, 4) is 11.5 Å². The molecule has 6 fully saturated rings. The summed E-state index contributed by atoms with van der Waals surface area (Å²) in [5.74, 6) is -1.24. The third-order valence-corrected chi connectivity index (χ3v) is 16.2. The third-order valence-electron chi connectivity index (χ3n) is 16.2. The number of phenolic OH excluding ortho intramolecular Hbond substituents is 1. The molecule has 2 aromatic rings. The van der Waals surface area contributed by atoms with Crippen LogP contribution in [0.2, 0.25) is 0 Å². The normalized spacial score (nSPS) is 43.0. The number of aryl methyl sites for hydroxylation is 1. The molecule has 23 atom stereocenters. The van der Waals surface area contributed by atoms with Crippen LogP contribution in [0.25, 0.3) is 5.57 Å². The van der Waals surface area contributed by atoms with Gasteiger partial charge in [0.2, 0.25) is 6.29 Å². The second-order valence-corrected chi connectivity index (χ2v) is 21.9. The van der Waals surface area contributed by atoms with E-state index in [0.717, 1.165) is 5.56 Å². The van der Waals surface area contributed by atoms with Gasteiger partial charge in [0.15, 0.2) is 43.0 Å². The monoisotopic (exact) mass is 1070 g/mol. The Morgan fingerprint density at radius 3 is 1.63 bits per heavy atom. The SMILES string of the molecule is Cc1cc(O)c2c(c1)C[C@@H](O)C1=C2C(=O)c2cccc(O[C@H]3C[C@@H](O)[C@H](O[C@H]4C[C@@H](O[C@H]5CC[C@H](O[C@H]6C[C@@H](O)[C@H](O[C@H]7C[C@@H](O[C@H]8CC[C@H](O)[C@H](C)O8)[C@H](O)[C@@H](C)O7)[C@@H](C)O6)[C@H](C)O5)[C@H](O)[C@@H](C)O4)[C@@H](C)O3)c2C1=O. The summed E-state index contributed by atoms with van der Waals surface area (Å²) in [6.45, 7) is 12.3. The van der Waals surface area contributed by atoms with Gasteiger partial charge in [-0.2, -0.15) is 0 Å². The van der Waals surface area contributed by atoms with Crippen molar-refractivity contribution in [3.05, 3.63) is 63.7 Å². The zero-order valence-electron chi connectivity index (χ0n) is 43.9. The van der Waals surface area contributed by atoms with E-state index >= 15 is 0 Å². The van der Waals surface area contributed by atoms with Crippen LogP contribution in [0.5, 0.6) is 11.5 Å². The molecule has 6 heterocycles. The first-order chi connectivity index (χ1) is 36.2. The van der Waals surface area contributed by atoms with E-state index in [2.05, 4.69) is 0 Å². The van der Waals surface area contributed by atoms with Gasteiger partial charge < -0.3 is 92.6 Å². The molecule has 6 aliphatic heterocycles. The van der Waals surface area contributed by atoms with E-state index in [9.17, 15) is 45.3 Å². The van der Waals surface area contributed by atoms with Crippen LogP contribution in [0.1, 0.15) is 130 Å². The van der Waals surface area contributed by atoms with Crippen molar-refractivity contribution in [1.82, 2.24) is 0 Å². The molecule has 420 valence electrons. The van der Waals surface area contributed by atoms with Crippen molar-refractivity contribution in [2.45, 2.75) is 248 Å². The molecule has 21 nitrogen and oxygen atoms in total. The van der Waals surface area contributed by atoms with Crippen molar-refractivity contribution in [2.75, 3.05) is 0 Å². The van der Waals surface area contributed by atoms with Gasteiger partial charge in [-0.1, -0.05) is 18.2 Å². The number of ketones is 2. The van der Waals surface area contributed by atoms with Crippen LogP contribution in [0.4, 0.5) is 0 Å². The van der Waals surface area contributed by atoms with E-state index < -0.39 is 153 Å². The fourth-order valence-electron chi connectivity index (χ4n) is 12.1. The number of aliphatic hydroxyl groups is 6. The Labute approximate surface area is 441 Å². The number of allylic oxidation sites excluding steroid dienone is 1. The highest BCUT2D eigenvalue weighted by molar-refractivity contribution is 6.42. The van der Waals surface area contributed by atoms with E-state index in [-0.39, 0.29) is 71.4 Å². The number of aliphatic hydroxyl groups excluding tert-OH is 6. The van der Waals surface area contributed by atoms with Crippen LogP contribution in [-0.2, 0) is 58.5 Å². The largest absolute Gasteiger partial charge is 0.507 e. The number of carbonyl (C=O) groups excluding carboxylic acids is 2. The van der Waals surface area contributed by atoms with Gasteiger partial charge in [-0.3, -0.25) is 9.59 Å².